The van der Waals surface area contributed by atoms with Crippen LogP contribution in [0.25, 0.3) is 0 Å². The summed E-state index contributed by atoms with van der Waals surface area (Å²) in [5, 5.41) is 6.65. The third-order valence-electron chi connectivity index (χ3n) is 1.32. The van der Waals surface area contributed by atoms with Gasteiger partial charge in [0.1, 0.15) is 0 Å². The van der Waals surface area contributed by atoms with E-state index in [1.54, 1.807) is 7.11 Å². The van der Waals surface area contributed by atoms with Gasteiger partial charge in [-0.05, 0) is 5.18 Å². The lowest BCUT2D eigenvalue weighted by atomic mass is 10.6. The maximum Gasteiger partial charge on any atom is 0.180 e. The molecule has 0 saturated carbocycles. The van der Waals surface area contributed by atoms with Crippen molar-refractivity contribution in [3.05, 3.63) is 16.3 Å². The molecule has 0 N–H and O–H groups in total. The number of rotatable bonds is 4. The topological polar surface area (TPSA) is 56.5 Å². The Morgan fingerprint density at radius 1 is 1.83 bits per heavy atom. The van der Waals surface area contributed by atoms with Gasteiger partial charge in [-0.1, -0.05) is 11.6 Å². The summed E-state index contributed by atoms with van der Waals surface area (Å²) in [7, 11) is 1.59. The molecule has 0 spiro atoms. The minimum absolute atomic E-state index is 0.126. The van der Waals surface area contributed by atoms with Crippen LogP contribution in [-0.4, -0.2) is 23.5 Å². The van der Waals surface area contributed by atoms with E-state index in [2.05, 4.69) is 10.3 Å². The molecule has 0 atom stereocenters. The Hall–Kier alpha value is -0.940. The van der Waals surface area contributed by atoms with Crippen molar-refractivity contribution in [3.63, 3.8) is 0 Å². The Morgan fingerprint density at radius 2 is 2.58 bits per heavy atom. The fourth-order valence-electron chi connectivity index (χ4n) is 0.748. The molecule has 1 aromatic heterocycles. The average Bonchev–Trinajstić information content (AvgIpc) is 2.43. The SMILES string of the molecule is COCCn1cc(N=O)c(Cl)n1. The number of nitrogens with zero attached hydrogens (tertiary/aromatic N) is 3. The highest BCUT2D eigenvalue weighted by Crippen LogP contribution is 2.21. The van der Waals surface area contributed by atoms with Crippen LogP contribution < -0.4 is 0 Å². The van der Waals surface area contributed by atoms with E-state index in [1.165, 1.54) is 10.9 Å². The van der Waals surface area contributed by atoms with Crippen molar-refractivity contribution >= 4 is 17.3 Å². The zero-order valence-electron chi connectivity index (χ0n) is 6.53. The number of halogens is 1. The number of aromatic nitrogens is 2. The van der Waals surface area contributed by atoms with Crippen LogP contribution in [0, 0.1) is 4.91 Å². The molecule has 0 unspecified atom stereocenters. The lowest BCUT2D eigenvalue weighted by Gasteiger charge is -1.97. The molecule has 6 heteroatoms. The number of hydrogen-bond donors (Lipinski definition) is 0. The van der Waals surface area contributed by atoms with Crippen molar-refractivity contribution < 1.29 is 4.74 Å². The van der Waals surface area contributed by atoms with Crippen LogP contribution in [0.15, 0.2) is 11.4 Å². The molecule has 0 radical (unpaired) electrons. The highest BCUT2D eigenvalue weighted by Gasteiger charge is 2.05. The van der Waals surface area contributed by atoms with Crippen molar-refractivity contribution in [3.8, 4) is 0 Å². The molecular formula is C6H8ClN3O2. The minimum atomic E-state index is 0.126. The van der Waals surface area contributed by atoms with E-state index in [-0.39, 0.29) is 10.8 Å². The summed E-state index contributed by atoms with van der Waals surface area (Å²) < 4.78 is 6.33. The van der Waals surface area contributed by atoms with E-state index in [1.807, 2.05) is 0 Å². The number of methoxy groups -OCH3 is 1. The summed E-state index contributed by atoms with van der Waals surface area (Å²) in [5.41, 5.74) is 0.160. The Morgan fingerprint density at radius 3 is 3.08 bits per heavy atom. The normalized spacial score (nSPS) is 10.2. The van der Waals surface area contributed by atoms with Gasteiger partial charge >= 0.3 is 0 Å². The Labute approximate surface area is 74.2 Å². The second kappa shape index (κ2) is 4.18. The fourth-order valence-corrected chi connectivity index (χ4v) is 0.928. The Bertz CT molecular complexity index is 274. The minimum Gasteiger partial charge on any atom is -0.383 e. The van der Waals surface area contributed by atoms with Crippen LogP contribution in [-0.2, 0) is 11.3 Å². The maximum absolute atomic E-state index is 10.1. The van der Waals surface area contributed by atoms with E-state index in [0.717, 1.165) is 0 Å². The maximum atomic E-state index is 10.1. The molecule has 1 rings (SSSR count). The Balaban J connectivity index is 2.68. The summed E-state index contributed by atoms with van der Waals surface area (Å²) in [5.74, 6) is 0. The smallest absolute Gasteiger partial charge is 0.180 e. The van der Waals surface area contributed by atoms with Gasteiger partial charge in [0.15, 0.2) is 10.8 Å². The van der Waals surface area contributed by atoms with Gasteiger partial charge in [-0.25, -0.2) is 0 Å². The Kier molecular flexibility index (Phi) is 3.19. The first-order valence-electron chi connectivity index (χ1n) is 3.33. The van der Waals surface area contributed by atoms with E-state index in [0.29, 0.717) is 13.2 Å². The highest BCUT2D eigenvalue weighted by atomic mass is 35.5. The largest absolute Gasteiger partial charge is 0.383 e. The van der Waals surface area contributed by atoms with Gasteiger partial charge in [0, 0.05) is 7.11 Å². The van der Waals surface area contributed by atoms with Crippen LogP contribution in [0.3, 0.4) is 0 Å². The predicted octanol–water partition coefficient (Wildman–Crippen LogP) is 1.58. The molecule has 12 heavy (non-hydrogen) atoms. The van der Waals surface area contributed by atoms with Crippen LogP contribution in [0.1, 0.15) is 0 Å². The van der Waals surface area contributed by atoms with Crippen LogP contribution in [0.4, 0.5) is 5.69 Å². The summed E-state index contributed by atoms with van der Waals surface area (Å²) in [6.07, 6.45) is 1.48. The van der Waals surface area contributed by atoms with E-state index < -0.39 is 0 Å². The summed E-state index contributed by atoms with van der Waals surface area (Å²) in [4.78, 5) is 10.1. The molecule has 0 aliphatic rings. The van der Waals surface area contributed by atoms with Gasteiger partial charge < -0.3 is 4.74 Å². The van der Waals surface area contributed by atoms with Crippen LogP contribution >= 0.6 is 11.6 Å². The van der Waals surface area contributed by atoms with Crippen molar-refractivity contribution in [1.29, 1.82) is 0 Å². The third kappa shape index (κ3) is 2.02. The molecule has 1 aromatic rings. The molecule has 0 aliphatic carbocycles. The predicted molar refractivity (Wildman–Crippen MR) is 44.6 cm³/mol. The van der Waals surface area contributed by atoms with Crippen molar-refractivity contribution in [2.24, 2.45) is 5.18 Å². The van der Waals surface area contributed by atoms with Gasteiger partial charge in [-0.2, -0.15) is 5.10 Å². The average molecular weight is 190 g/mol. The number of hydrogen-bond acceptors (Lipinski definition) is 4. The third-order valence-corrected chi connectivity index (χ3v) is 1.59. The zero-order valence-corrected chi connectivity index (χ0v) is 7.28. The van der Waals surface area contributed by atoms with Gasteiger partial charge in [0.05, 0.1) is 19.3 Å². The van der Waals surface area contributed by atoms with E-state index >= 15 is 0 Å². The number of nitroso groups, excluding NO2 is 1. The molecule has 0 aliphatic heterocycles. The lowest BCUT2D eigenvalue weighted by molar-refractivity contribution is 0.183. The molecule has 0 fully saturated rings. The molecule has 5 nitrogen and oxygen atoms in total. The van der Waals surface area contributed by atoms with Crippen LogP contribution in [0.5, 0.6) is 0 Å². The summed E-state index contributed by atoms with van der Waals surface area (Å²) >= 11 is 5.56. The van der Waals surface area contributed by atoms with Gasteiger partial charge in [0.2, 0.25) is 0 Å². The van der Waals surface area contributed by atoms with Gasteiger partial charge in [0.25, 0.3) is 0 Å². The first kappa shape index (κ1) is 9.15. The van der Waals surface area contributed by atoms with Crippen molar-refractivity contribution in [2.45, 2.75) is 6.54 Å². The second-order valence-corrected chi connectivity index (χ2v) is 2.51. The molecule has 0 amide bonds. The first-order chi connectivity index (χ1) is 5.77. The molecule has 0 bridgehead atoms. The lowest BCUT2D eigenvalue weighted by Crippen LogP contribution is -2.03. The van der Waals surface area contributed by atoms with Gasteiger partial charge in [-0.3, -0.25) is 4.68 Å². The summed E-state index contributed by atoms with van der Waals surface area (Å²) in [6, 6.07) is 0. The first-order valence-corrected chi connectivity index (χ1v) is 3.71. The molecule has 0 aromatic carbocycles. The van der Waals surface area contributed by atoms with Gasteiger partial charge in [-0.15, -0.1) is 4.91 Å². The van der Waals surface area contributed by atoms with Crippen molar-refractivity contribution in [1.82, 2.24) is 9.78 Å². The monoisotopic (exact) mass is 189 g/mol. The fraction of sp³-hybridized carbons (Fsp3) is 0.500. The van der Waals surface area contributed by atoms with Crippen molar-refractivity contribution in [2.75, 3.05) is 13.7 Å². The zero-order chi connectivity index (χ0) is 8.97. The molecule has 1 heterocycles. The van der Waals surface area contributed by atoms with E-state index in [9.17, 15) is 4.91 Å². The molecular weight excluding hydrogens is 182 g/mol. The second-order valence-electron chi connectivity index (χ2n) is 2.15. The highest BCUT2D eigenvalue weighted by molar-refractivity contribution is 6.31. The number of ether oxygens (including phenoxy) is 1. The molecule has 66 valence electrons. The quantitative estimate of drug-likeness (QED) is 0.676. The summed E-state index contributed by atoms with van der Waals surface area (Å²) in [6.45, 7) is 1.09. The van der Waals surface area contributed by atoms with Crippen LogP contribution in [0.2, 0.25) is 5.15 Å². The van der Waals surface area contributed by atoms with E-state index in [4.69, 9.17) is 16.3 Å². The molecule has 0 saturated heterocycles. The standard InChI is InChI=1S/C6H8ClN3O2/c1-12-3-2-10-4-5(9-11)6(7)8-10/h4H,2-3H2,1H3.